The Hall–Kier alpha value is -3.62. The Morgan fingerprint density at radius 3 is 2.61 bits per heavy atom. The summed E-state index contributed by atoms with van der Waals surface area (Å²) in [5.74, 6) is 1.61. The molecule has 1 aliphatic heterocycles. The summed E-state index contributed by atoms with van der Waals surface area (Å²) >= 11 is 0. The Morgan fingerprint density at radius 2 is 1.88 bits per heavy atom. The van der Waals surface area contributed by atoms with Crippen molar-refractivity contribution in [1.29, 1.82) is 0 Å². The van der Waals surface area contributed by atoms with Gasteiger partial charge in [0.2, 0.25) is 5.91 Å². The average molecular weight is 451 g/mol. The van der Waals surface area contributed by atoms with E-state index in [1.165, 1.54) is 10.7 Å². The third-order valence-electron chi connectivity index (χ3n) is 5.58. The van der Waals surface area contributed by atoms with Crippen molar-refractivity contribution >= 4 is 11.6 Å². The Labute approximate surface area is 193 Å². The molecule has 0 bridgehead atoms. The minimum absolute atomic E-state index is 0.108. The van der Waals surface area contributed by atoms with Gasteiger partial charge in [0, 0.05) is 57.6 Å². The molecule has 1 aromatic carbocycles. The lowest BCUT2D eigenvalue weighted by Crippen LogP contribution is -2.49. The highest BCUT2D eigenvalue weighted by atomic mass is 16.5. The molecule has 4 rings (SSSR count). The van der Waals surface area contributed by atoms with Crippen molar-refractivity contribution < 1.29 is 9.53 Å². The Bertz CT molecular complexity index is 1120. The lowest BCUT2D eigenvalue weighted by atomic mass is 10.2. The topological polar surface area (TPSA) is 85.5 Å². The third kappa shape index (κ3) is 5.60. The number of anilines is 1. The van der Waals surface area contributed by atoms with Gasteiger partial charge in [-0.1, -0.05) is 12.1 Å². The van der Waals surface area contributed by atoms with E-state index in [2.05, 4.69) is 21.0 Å². The van der Waals surface area contributed by atoms with Gasteiger partial charge in [0.25, 0.3) is 5.56 Å². The number of aryl methyl sites for hydroxylation is 1. The maximum atomic E-state index is 12.7. The number of hydrogen-bond donors (Lipinski definition) is 0. The number of carbonyl (C=O) groups excluding carboxylic acids is 1. The summed E-state index contributed by atoms with van der Waals surface area (Å²) in [5.41, 5.74) is 0.892. The number of nitrogens with zero attached hydrogens (tertiary/aromatic N) is 6. The summed E-state index contributed by atoms with van der Waals surface area (Å²) in [7, 11) is 0. The molecule has 174 valence electrons. The molecule has 2 aromatic heterocycles. The first-order valence-electron chi connectivity index (χ1n) is 11.4. The maximum Gasteiger partial charge on any atom is 0.266 e. The summed E-state index contributed by atoms with van der Waals surface area (Å²) in [6.07, 6.45) is 6.12. The number of benzene rings is 1. The minimum atomic E-state index is -0.179. The molecule has 0 radical (unpaired) electrons. The molecule has 0 N–H and O–H groups in total. The van der Waals surface area contributed by atoms with E-state index < -0.39 is 0 Å². The van der Waals surface area contributed by atoms with Crippen LogP contribution < -0.4 is 15.2 Å². The summed E-state index contributed by atoms with van der Waals surface area (Å²) in [6, 6.07) is 11.2. The van der Waals surface area contributed by atoms with E-state index in [9.17, 15) is 9.59 Å². The fraction of sp³-hybridized carbons (Fsp3) is 0.417. The molecular formula is C24H30N6O3. The van der Waals surface area contributed by atoms with Crippen LogP contribution in [0.15, 0.2) is 59.9 Å². The lowest BCUT2D eigenvalue weighted by Gasteiger charge is -2.37. The summed E-state index contributed by atoms with van der Waals surface area (Å²) in [6.45, 7) is 7.30. The van der Waals surface area contributed by atoms with Crippen molar-refractivity contribution in [1.82, 2.24) is 24.2 Å². The van der Waals surface area contributed by atoms with E-state index >= 15 is 0 Å². The molecule has 1 saturated heterocycles. The van der Waals surface area contributed by atoms with Crippen LogP contribution in [0.1, 0.15) is 26.7 Å². The number of rotatable bonds is 8. The number of para-hydroxylation sites is 2. The van der Waals surface area contributed by atoms with Crippen molar-refractivity contribution in [3.63, 3.8) is 0 Å². The highest BCUT2D eigenvalue weighted by molar-refractivity contribution is 5.76. The van der Waals surface area contributed by atoms with Crippen LogP contribution in [0, 0.1) is 0 Å². The third-order valence-corrected chi connectivity index (χ3v) is 5.58. The maximum absolute atomic E-state index is 12.7. The SMILES string of the molecule is CC(C)Oc1ccccc1N1CCN(C(=O)CCCn2nc(-n3ccnc3)ccc2=O)CC1. The second-order valence-electron chi connectivity index (χ2n) is 8.33. The number of piperazine rings is 1. The summed E-state index contributed by atoms with van der Waals surface area (Å²) in [5, 5.41) is 4.38. The molecule has 9 heteroatoms. The minimum Gasteiger partial charge on any atom is -0.489 e. The van der Waals surface area contributed by atoms with Crippen molar-refractivity contribution in [3.05, 3.63) is 65.5 Å². The molecule has 0 unspecified atom stereocenters. The van der Waals surface area contributed by atoms with Crippen molar-refractivity contribution in [2.45, 2.75) is 39.3 Å². The van der Waals surface area contributed by atoms with Gasteiger partial charge in [0.1, 0.15) is 12.1 Å². The van der Waals surface area contributed by atoms with Crippen LogP contribution in [0.25, 0.3) is 5.82 Å². The van der Waals surface area contributed by atoms with Crippen LogP contribution in [0.4, 0.5) is 5.69 Å². The Kier molecular flexibility index (Phi) is 7.07. The zero-order valence-electron chi connectivity index (χ0n) is 19.1. The smallest absolute Gasteiger partial charge is 0.266 e. The molecule has 0 spiro atoms. The van der Waals surface area contributed by atoms with Crippen molar-refractivity contribution in [2.24, 2.45) is 0 Å². The predicted octanol–water partition coefficient (Wildman–Crippen LogP) is 2.35. The van der Waals surface area contributed by atoms with E-state index in [1.807, 2.05) is 36.9 Å². The largest absolute Gasteiger partial charge is 0.489 e. The van der Waals surface area contributed by atoms with E-state index in [4.69, 9.17) is 4.74 Å². The van der Waals surface area contributed by atoms with Crippen LogP contribution >= 0.6 is 0 Å². The van der Waals surface area contributed by atoms with Gasteiger partial charge in [-0.05, 0) is 38.5 Å². The van der Waals surface area contributed by atoms with Crippen LogP contribution in [0.2, 0.25) is 0 Å². The van der Waals surface area contributed by atoms with Gasteiger partial charge in [0.05, 0.1) is 11.8 Å². The Morgan fingerprint density at radius 1 is 1.09 bits per heavy atom. The number of imidazole rings is 1. The zero-order valence-corrected chi connectivity index (χ0v) is 19.1. The molecule has 1 fully saturated rings. The molecule has 1 amide bonds. The van der Waals surface area contributed by atoms with Crippen LogP contribution in [-0.2, 0) is 11.3 Å². The van der Waals surface area contributed by atoms with E-state index in [0.29, 0.717) is 38.3 Å². The predicted molar refractivity (Wildman–Crippen MR) is 126 cm³/mol. The van der Waals surface area contributed by atoms with E-state index in [1.54, 1.807) is 29.4 Å². The fourth-order valence-corrected chi connectivity index (χ4v) is 3.94. The molecule has 3 heterocycles. The monoisotopic (exact) mass is 450 g/mol. The van der Waals surface area contributed by atoms with Gasteiger partial charge in [-0.15, -0.1) is 0 Å². The van der Waals surface area contributed by atoms with Gasteiger partial charge in [-0.25, -0.2) is 9.67 Å². The normalized spacial score (nSPS) is 14.0. The Balaban J connectivity index is 1.28. The molecule has 33 heavy (non-hydrogen) atoms. The number of hydrogen-bond acceptors (Lipinski definition) is 6. The molecule has 0 atom stereocenters. The molecule has 0 saturated carbocycles. The van der Waals surface area contributed by atoms with Gasteiger partial charge in [0.15, 0.2) is 5.82 Å². The molecule has 3 aromatic rings. The van der Waals surface area contributed by atoms with E-state index in [0.717, 1.165) is 24.5 Å². The fourth-order valence-electron chi connectivity index (χ4n) is 3.94. The first-order valence-corrected chi connectivity index (χ1v) is 11.4. The number of carbonyl (C=O) groups is 1. The van der Waals surface area contributed by atoms with Gasteiger partial charge in [-0.2, -0.15) is 5.10 Å². The average Bonchev–Trinajstić information content (AvgIpc) is 3.35. The first kappa shape index (κ1) is 22.6. The molecule has 1 aliphatic rings. The number of ether oxygens (including phenoxy) is 1. The van der Waals surface area contributed by atoms with Gasteiger partial charge >= 0.3 is 0 Å². The quantitative estimate of drug-likeness (QED) is 0.524. The second-order valence-corrected chi connectivity index (χ2v) is 8.33. The zero-order chi connectivity index (χ0) is 23.2. The number of amides is 1. The van der Waals surface area contributed by atoms with Crippen LogP contribution in [-0.4, -0.2) is 62.4 Å². The molecule has 9 nitrogen and oxygen atoms in total. The van der Waals surface area contributed by atoms with Crippen molar-refractivity contribution in [3.8, 4) is 11.6 Å². The summed E-state index contributed by atoms with van der Waals surface area (Å²) in [4.78, 5) is 33.1. The second kappa shape index (κ2) is 10.3. The summed E-state index contributed by atoms with van der Waals surface area (Å²) < 4.78 is 9.10. The highest BCUT2D eigenvalue weighted by Crippen LogP contribution is 2.29. The van der Waals surface area contributed by atoms with Gasteiger partial charge in [-0.3, -0.25) is 14.2 Å². The lowest BCUT2D eigenvalue weighted by molar-refractivity contribution is -0.131. The van der Waals surface area contributed by atoms with Crippen molar-refractivity contribution in [2.75, 3.05) is 31.1 Å². The van der Waals surface area contributed by atoms with Crippen LogP contribution in [0.3, 0.4) is 0 Å². The number of aromatic nitrogens is 4. The molecular weight excluding hydrogens is 420 g/mol. The van der Waals surface area contributed by atoms with Crippen LogP contribution in [0.5, 0.6) is 5.75 Å². The first-order chi connectivity index (χ1) is 16.0. The highest BCUT2D eigenvalue weighted by Gasteiger charge is 2.23. The standard InChI is InChI=1S/C24H30N6O3/c1-19(2)33-21-7-4-3-6-20(21)27-14-16-28(17-15-27)23(31)8-5-12-30-24(32)10-9-22(26-30)29-13-11-25-18-29/h3-4,6-7,9-11,13,18-19H,5,8,12,14-17H2,1-2H3. The van der Waals surface area contributed by atoms with E-state index in [-0.39, 0.29) is 17.6 Å². The van der Waals surface area contributed by atoms with Gasteiger partial charge < -0.3 is 14.5 Å². The molecule has 0 aliphatic carbocycles.